The molecule has 0 fully saturated rings. The standard InChI is InChI=1S/C23H25NO4/c1-5-17-11-23(26)28-21-12-19(8-9-20(17)21)27-13-22(25)24-16(4)18-7-6-14(2)15(3)10-18/h6-12,16H,5,13H2,1-4H3,(H,24,25). The summed E-state index contributed by atoms with van der Waals surface area (Å²) in [4.78, 5) is 23.9. The zero-order chi connectivity index (χ0) is 20.3. The molecule has 1 aromatic heterocycles. The maximum atomic E-state index is 12.3. The predicted molar refractivity (Wildman–Crippen MR) is 110 cm³/mol. The lowest BCUT2D eigenvalue weighted by molar-refractivity contribution is -0.123. The molecule has 0 saturated carbocycles. The average Bonchev–Trinajstić information content (AvgIpc) is 2.67. The van der Waals surface area contributed by atoms with Crippen molar-refractivity contribution in [1.29, 1.82) is 0 Å². The van der Waals surface area contributed by atoms with Gasteiger partial charge in [-0.25, -0.2) is 4.79 Å². The maximum Gasteiger partial charge on any atom is 0.336 e. The molecular weight excluding hydrogens is 354 g/mol. The summed E-state index contributed by atoms with van der Waals surface area (Å²) >= 11 is 0. The minimum absolute atomic E-state index is 0.113. The van der Waals surface area contributed by atoms with Crippen LogP contribution < -0.4 is 15.7 Å². The van der Waals surface area contributed by atoms with Crippen LogP contribution in [0.2, 0.25) is 0 Å². The van der Waals surface area contributed by atoms with Gasteiger partial charge in [0.05, 0.1) is 6.04 Å². The van der Waals surface area contributed by atoms with Crippen molar-refractivity contribution in [2.75, 3.05) is 6.61 Å². The lowest BCUT2D eigenvalue weighted by Crippen LogP contribution is -2.31. The molecule has 1 N–H and O–H groups in total. The monoisotopic (exact) mass is 379 g/mol. The summed E-state index contributed by atoms with van der Waals surface area (Å²) in [5.74, 6) is 0.271. The highest BCUT2D eigenvalue weighted by Gasteiger charge is 2.12. The van der Waals surface area contributed by atoms with Crippen molar-refractivity contribution in [3.05, 3.63) is 75.1 Å². The molecule has 0 aliphatic rings. The number of hydrogen-bond acceptors (Lipinski definition) is 4. The van der Waals surface area contributed by atoms with Gasteiger partial charge in [0.2, 0.25) is 0 Å². The Balaban J connectivity index is 1.65. The zero-order valence-electron chi connectivity index (χ0n) is 16.7. The van der Waals surface area contributed by atoms with E-state index in [1.54, 1.807) is 12.1 Å². The van der Waals surface area contributed by atoms with Gasteiger partial charge in [0, 0.05) is 17.5 Å². The second-order valence-electron chi connectivity index (χ2n) is 7.02. The molecule has 0 bridgehead atoms. The Morgan fingerprint density at radius 3 is 2.61 bits per heavy atom. The zero-order valence-corrected chi connectivity index (χ0v) is 16.7. The summed E-state index contributed by atoms with van der Waals surface area (Å²) < 4.78 is 10.9. The Kier molecular flexibility index (Phi) is 5.83. The van der Waals surface area contributed by atoms with Crippen LogP contribution in [0, 0.1) is 13.8 Å². The number of amides is 1. The molecule has 5 nitrogen and oxygen atoms in total. The molecule has 28 heavy (non-hydrogen) atoms. The highest BCUT2D eigenvalue weighted by Crippen LogP contribution is 2.23. The van der Waals surface area contributed by atoms with E-state index in [9.17, 15) is 9.59 Å². The Labute approximate surface area is 164 Å². The number of rotatable bonds is 6. The fraction of sp³-hybridized carbons (Fsp3) is 0.304. The van der Waals surface area contributed by atoms with Crippen molar-refractivity contribution in [1.82, 2.24) is 5.32 Å². The van der Waals surface area contributed by atoms with E-state index in [4.69, 9.17) is 9.15 Å². The SMILES string of the molecule is CCc1cc(=O)oc2cc(OCC(=O)NC(C)c3ccc(C)c(C)c3)ccc12. The van der Waals surface area contributed by atoms with Crippen molar-refractivity contribution in [2.45, 2.75) is 40.2 Å². The van der Waals surface area contributed by atoms with Gasteiger partial charge in [-0.1, -0.05) is 25.1 Å². The number of carbonyl (C=O) groups excluding carboxylic acids is 1. The third-order valence-corrected chi connectivity index (χ3v) is 4.96. The number of carbonyl (C=O) groups is 1. The van der Waals surface area contributed by atoms with Gasteiger partial charge in [-0.2, -0.15) is 0 Å². The van der Waals surface area contributed by atoms with Crippen LogP contribution in [-0.2, 0) is 11.2 Å². The van der Waals surface area contributed by atoms with E-state index in [2.05, 4.69) is 31.3 Å². The normalized spacial score (nSPS) is 12.0. The second-order valence-corrected chi connectivity index (χ2v) is 7.02. The fourth-order valence-corrected chi connectivity index (χ4v) is 3.14. The van der Waals surface area contributed by atoms with Crippen molar-refractivity contribution in [3.8, 4) is 5.75 Å². The number of nitrogens with one attached hydrogen (secondary N) is 1. The Hall–Kier alpha value is -3.08. The molecule has 146 valence electrons. The van der Waals surface area contributed by atoms with Crippen molar-refractivity contribution >= 4 is 16.9 Å². The van der Waals surface area contributed by atoms with E-state index in [1.165, 1.54) is 17.2 Å². The summed E-state index contributed by atoms with van der Waals surface area (Å²) in [6.45, 7) is 7.93. The largest absolute Gasteiger partial charge is 0.484 e. The summed E-state index contributed by atoms with van der Waals surface area (Å²) in [6, 6.07) is 12.8. The molecule has 0 aliphatic heterocycles. The number of aryl methyl sites for hydroxylation is 3. The molecule has 0 spiro atoms. The van der Waals surface area contributed by atoms with E-state index in [0.717, 1.165) is 22.9 Å². The lowest BCUT2D eigenvalue weighted by Gasteiger charge is -2.16. The molecule has 5 heteroatoms. The second kappa shape index (κ2) is 8.30. The van der Waals surface area contributed by atoms with Gasteiger partial charge < -0.3 is 14.5 Å². The molecule has 1 heterocycles. The van der Waals surface area contributed by atoms with E-state index < -0.39 is 0 Å². The van der Waals surface area contributed by atoms with Crippen LogP contribution in [0.1, 0.15) is 42.1 Å². The smallest absolute Gasteiger partial charge is 0.336 e. The van der Waals surface area contributed by atoms with Gasteiger partial charge >= 0.3 is 5.63 Å². The first kappa shape index (κ1) is 19.7. The molecule has 2 aromatic carbocycles. The molecular formula is C23H25NO4. The highest BCUT2D eigenvalue weighted by molar-refractivity contribution is 5.82. The average molecular weight is 379 g/mol. The molecule has 0 saturated heterocycles. The molecule has 3 rings (SSSR count). The first-order valence-electron chi connectivity index (χ1n) is 9.43. The number of fused-ring (bicyclic) bond motifs is 1. The van der Waals surface area contributed by atoms with Gasteiger partial charge in [-0.05, 0) is 61.6 Å². The maximum absolute atomic E-state index is 12.3. The third-order valence-electron chi connectivity index (χ3n) is 4.96. The van der Waals surface area contributed by atoms with Crippen molar-refractivity contribution in [2.24, 2.45) is 0 Å². The van der Waals surface area contributed by atoms with Gasteiger partial charge in [0.1, 0.15) is 11.3 Å². The van der Waals surface area contributed by atoms with Gasteiger partial charge in [-0.3, -0.25) is 4.79 Å². The summed E-state index contributed by atoms with van der Waals surface area (Å²) in [5, 5.41) is 3.82. The van der Waals surface area contributed by atoms with Crippen LogP contribution in [0.5, 0.6) is 5.75 Å². The Morgan fingerprint density at radius 1 is 1.11 bits per heavy atom. The van der Waals surface area contributed by atoms with Crippen LogP contribution in [0.25, 0.3) is 11.0 Å². The molecule has 1 amide bonds. The van der Waals surface area contributed by atoms with Crippen LogP contribution in [0.4, 0.5) is 0 Å². The van der Waals surface area contributed by atoms with E-state index >= 15 is 0 Å². The van der Waals surface area contributed by atoms with Gasteiger partial charge in [0.15, 0.2) is 6.61 Å². The molecule has 0 aliphatic carbocycles. The highest BCUT2D eigenvalue weighted by atomic mass is 16.5. The summed E-state index contributed by atoms with van der Waals surface area (Å²) in [5.41, 5.74) is 4.47. The van der Waals surface area contributed by atoms with E-state index in [0.29, 0.717) is 11.3 Å². The van der Waals surface area contributed by atoms with Gasteiger partial charge in [0.25, 0.3) is 5.91 Å². The first-order chi connectivity index (χ1) is 13.4. The number of hydrogen-bond donors (Lipinski definition) is 1. The number of ether oxygens (including phenoxy) is 1. The summed E-state index contributed by atoms with van der Waals surface area (Å²) in [7, 11) is 0. The molecule has 1 atom stereocenters. The molecule has 0 radical (unpaired) electrons. The topological polar surface area (TPSA) is 68.5 Å². The molecule has 1 unspecified atom stereocenters. The minimum atomic E-state index is -0.388. The van der Waals surface area contributed by atoms with Crippen LogP contribution in [0.3, 0.4) is 0 Å². The number of benzene rings is 2. The van der Waals surface area contributed by atoms with E-state index in [-0.39, 0.29) is 24.2 Å². The molecule has 3 aromatic rings. The predicted octanol–water partition coefficient (Wildman–Crippen LogP) is 4.23. The van der Waals surface area contributed by atoms with Crippen LogP contribution in [0.15, 0.2) is 51.7 Å². The van der Waals surface area contributed by atoms with Crippen LogP contribution >= 0.6 is 0 Å². The van der Waals surface area contributed by atoms with Crippen molar-refractivity contribution in [3.63, 3.8) is 0 Å². The quantitative estimate of drug-likeness (QED) is 0.651. The summed E-state index contributed by atoms with van der Waals surface area (Å²) in [6.07, 6.45) is 0.737. The van der Waals surface area contributed by atoms with Gasteiger partial charge in [-0.15, -0.1) is 0 Å². The minimum Gasteiger partial charge on any atom is -0.484 e. The fourth-order valence-electron chi connectivity index (χ4n) is 3.14. The Bertz CT molecular complexity index is 1070. The Morgan fingerprint density at radius 2 is 1.89 bits per heavy atom. The first-order valence-corrected chi connectivity index (χ1v) is 9.43. The third kappa shape index (κ3) is 4.42. The van der Waals surface area contributed by atoms with Crippen molar-refractivity contribution < 1.29 is 13.9 Å². The lowest BCUT2D eigenvalue weighted by atomic mass is 10.0. The van der Waals surface area contributed by atoms with Crippen LogP contribution in [-0.4, -0.2) is 12.5 Å². The van der Waals surface area contributed by atoms with E-state index in [1.807, 2.05) is 26.0 Å².